The summed E-state index contributed by atoms with van der Waals surface area (Å²) in [5.41, 5.74) is 4.55. The van der Waals surface area contributed by atoms with Crippen LogP contribution in [0.1, 0.15) is 86.5 Å². The quantitative estimate of drug-likeness (QED) is 0.317. The van der Waals surface area contributed by atoms with E-state index in [4.69, 9.17) is 19.9 Å². The first kappa shape index (κ1) is 31.1. The standard InChI is InChI=1S/C30H43NO6.C2H7N/c1-6-8-26-36-24-14-22-21-10-9-19-13-20(33)11-12-28(19,4)27(21)18(3)15-29(22,5)30(24,37-26)23(34)16-35-25(7-2)31-17-32;1-2-3/h11-13,17-18,21-22,24-27H,6-10,14-16H2,1-5H3,(H,31,32);2-3H2,1H3/t18-,21-,22?,24?,25?,26?,27?,28-,29?,30?;/m0./s1. The van der Waals surface area contributed by atoms with Gasteiger partial charge in [0, 0.05) is 10.8 Å². The Kier molecular flexibility index (Phi) is 9.45. The summed E-state index contributed by atoms with van der Waals surface area (Å²) < 4.78 is 19.1. The zero-order valence-corrected chi connectivity index (χ0v) is 25.2. The molecule has 0 aromatic heterocycles. The van der Waals surface area contributed by atoms with E-state index in [1.165, 1.54) is 5.57 Å². The summed E-state index contributed by atoms with van der Waals surface area (Å²) >= 11 is 0. The number of fused-ring (bicyclic) bond motifs is 7. The van der Waals surface area contributed by atoms with Gasteiger partial charge in [-0.2, -0.15) is 0 Å². The predicted octanol–water partition coefficient (Wildman–Crippen LogP) is 4.46. The molecule has 3 saturated carbocycles. The van der Waals surface area contributed by atoms with Crippen LogP contribution in [-0.4, -0.2) is 55.4 Å². The molecule has 224 valence electrons. The molecule has 1 amide bonds. The fraction of sp³-hybridized carbons (Fsp3) is 0.781. The Labute approximate surface area is 239 Å². The Hall–Kier alpha value is -1.87. The van der Waals surface area contributed by atoms with Gasteiger partial charge in [-0.15, -0.1) is 0 Å². The molecule has 8 nitrogen and oxygen atoms in total. The number of ether oxygens (including phenoxy) is 3. The van der Waals surface area contributed by atoms with E-state index in [-0.39, 0.29) is 47.3 Å². The molecule has 0 aromatic carbocycles. The lowest BCUT2D eigenvalue weighted by molar-refractivity contribution is -0.194. The minimum Gasteiger partial charge on any atom is -0.351 e. The Morgan fingerprint density at radius 3 is 2.67 bits per heavy atom. The number of amides is 1. The molecule has 3 N–H and O–H groups in total. The molecular weight excluding hydrogens is 508 g/mol. The fourth-order valence-corrected chi connectivity index (χ4v) is 9.21. The highest BCUT2D eigenvalue weighted by Crippen LogP contribution is 2.71. The summed E-state index contributed by atoms with van der Waals surface area (Å²) in [5.74, 6) is 1.48. The van der Waals surface area contributed by atoms with Crippen LogP contribution in [0.15, 0.2) is 23.8 Å². The van der Waals surface area contributed by atoms with Gasteiger partial charge in [0.1, 0.15) is 12.8 Å². The third-order valence-electron chi connectivity index (χ3n) is 10.6. The first-order valence-electron chi connectivity index (χ1n) is 15.4. The van der Waals surface area contributed by atoms with E-state index in [1.54, 1.807) is 6.08 Å². The molecule has 5 aliphatic rings. The Bertz CT molecular complexity index is 1030. The number of ketones is 2. The number of Topliss-reactive ketones (excluding diaryl/α,β-unsaturated/α-hetero) is 1. The molecule has 7 unspecified atom stereocenters. The average molecular weight is 559 g/mol. The van der Waals surface area contributed by atoms with Crippen LogP contribution in [0, 0.1) is 34.5 Å². The lowest BCUT2D eigenvalue weighted by atomic mass is 9.44. The number of rotatable bonds is 9. The Balaban J connectivity index is 0.00000118. The van der Waals surface area contributed by atoms with Crippen molar-refractivity contribution in [3.8, 4) is 0 Å². The van der Waals surface area contributed by atoms with Crippen molar-refractivity contribution in [2.24, 2.45) is 40.2 Å². The highest BCUT2D eigenvalue weighted by molar-refractivity contribution is 6.01. The van der Waals surface area contributed by atoms with Crippen molar-refractivity contribution < 1.29 is 28.6 Å². The van der Waals surface area contributed by atoms with E-state index >= 15 is 0 Å². The maximum atomic E-state index is 14.2. The van der Waals surface area contributed by atoms with Gasteiger partial charge in [-0.1, -0.05) is 59.6 Å². The molecule has 0 radical (unpaired) electrons. The summed E-state index contributed by atoms with van der Waals surface area (Å²) in [6, 6.07) is 0. The van der Waals surface area contributed by atoms with Crippen molar-refractivity contribution >= 4 is 18.0 Å². The number of allylic oxidation sites excluding steroid dienone is 4. The molecular formula is C32H50N2O6. The van der Waals surface area contributed by atoms with Crippen molar-refractivity contribution in [2.45, 2.75) is 111 Å². The number of hydrogen-bond acceptors (Lipinski definition) is 7. The predicted molar refractivity (Wildman–Crippen MR) is 153 cm³/mol. The summed E-state index contributed by atoms with van der Waals surface area (Å²) in [7, 11) is 0. The number of carbonyl (C=O) groups is 3. The molecule has 0 spiro atoms. The third kappa shape index (κ3) is 4.93. The summed E-state index contributed by atoms with van der Waals surface area (Å²) in [4.78, 5) is 37.3. The van der Waals surface area contributed by atoms with Gasteiger partial charge in [-0.3, -0.25) is 14.4 Å². The first-order chi connectivity index (χ1) is 19.1. The van der Waals surface area contributed by atoms with Gasteiger partial charge < -0.3 is 25.3 Å². The van der Waals surface area contributed by atoms with Crippen LogP contribution >= 0.6 is 0 Å². The molecule has 1 aliphatic heterocycles. The maximum Gasteiger partial charge on any atom is 0.209 e. The second-order valence-corrected chi connectivity index (χ2v) is 12.9. The lowest BCUT2D eigenvalue weighted by Gasteiger charge is -2.60. The topological polar surface area (TPSA) is 117 Å². The van der Waals surface area contributed by atoms with Crippen molar-refractivity contribution in [3.63, 3.8) is 0 Å². The first-order valence-corrected chi connectivity index (χ1v) is 15.4. The Morgan fingerprint density at radius 1 is 1.30 bits per heavy atom. The summed E-state index contributed by atoms with van der Waals surface area (Å²) in [6.45, 7) is 13.4. The van der Waals surface area contributed by atoms with Crippen LogP contribution < -0.4 is 11.1 Å². The van der Waals surface area contributed by atoms with Gasteiger partial charge in [-0.05, 0) is 80.9 Å². The third-order valence-corrected chi connectivity index (χ3v) is 10.6. The van der Waals surface area contributed by atoms with Crippen LogP contribution in [0.5, 0.6) is 0 Å². The second-order valence-electron chi connectivity index (χ2n) is 12.9. The van der Waals surface area contributed by atoms with Gasteiger partial charge >= 0.3 is 0 Å². The maximum absolute atomic E-state index is 14.2. The van der Waals surface area contributed by atoms with E-state index < -0.39 is 11.8 Å². The summed E-state index contributed by atoms with van der Waals surface area (Å²) in [6.07, 6.45) is 11.0. The summed E-state index contributed by atoms with van der Waals surface area (Å²) in [5, 5.41) is 2.65. The minimum atomic E-state index is -1.05. The molecule has 0 aromatic rings. The lowest BCUT2D eigenvalue weighted by Crippen LogP contribution is -2.62. The molecule has 4 aliphatic carbocycles. The van der Waals surface area contributed by atoms with Gasteiger partial charge in [0.05, 0.1) is 6.10 Å². The highest BCUT2D eigenvalue weighted by Gasteiger charge is 2.75. The number of nitrogens with two attached hydrogens (primary N) is 1. The average Bonchev–Trinajstić information content (AvgIpc) is 3.39. The van der Waals surface area contributed by atoms with E-state index in [2.05, 4.69) is 39.1 Å². The molecule has 5 rings (SSSR count). The Morgan fingerprint density at radius 2 is 2.02 bits per heavy atom. The zero-order valence-electron chi connectivity index (χ0n) is 25.2. The molecule has 1 saturated heterocycles. The minimum absolute atomic E-state index is 0.0660. The van der Waals surface area contributed by atoms with E-state index in [0.29, 0.717) is 30.6 Å². The molecule has 10 atom stereocenters. The monoisotopic (exact) mass is 558 g/mol. The largest absolute Gasteiger partial charge is 0.351 e. The van der Waals surface area contributed by atoms with Crippen molar-refractivity contribution in [1.82, 2.24) is 5.32 Å². The molecule has 1 heterocycles. The van der Waals surface area contributed by atoms with Gasteiger partial charge in [0.15, 0.2) is 23.5 Å². The smallest absolute Gasteiger partial charge is 0.209 e. The van der Waals surface area contributed by atoms with Crippen molar-refractivity contribution in [2.75, 3.05) is 13.2 Å². The van der Waals surface area contributed by atoms with Gasteiger partial charge in [0.2, 0.25) is 6.41 Å². The van der Waals surface area contributed by atoms with Crippen molar-refractivity contribution in [3.05, 3.63) is 23.8 Å². The van der Waals surface area contributed by atoms with Crippen LogP contribution in [0.3, 0.4) is 0 Å². The van der Waals surface area contributed by atoms with Crippen LogP contribution in [-0.2, 0) is 28.6 Å². The normalized spacial score (nSPS) is 41.9. The number of carbonyl (C=O) groups excluding carboxylic acids is 3. The molecule has 40 heavy (non-hydrogen) atoms. The number of nitrogens with one attached hydrogen (secondary N) is 1. The van der Waals surface area contributed by atoms with Crippen LogP contribution in [0.2, 0.25) is 0 Å². The number of hydrogen-bond donors (Lipinski definition) is 2. The van der Waals surface area contributed by atoms with E-state index in [9.17, 15) is 14.4 Å². The van der Waals surface area contributed by atoms with Gasteiger partial charge in [-0.25, -0.2) is 0 Å². The van der Waals surface area contributed by atoms with Gasteiger partial charge in [0.25, 0.3) is 0 Å². The van der Waals surface area contributed by atoms with E-state index in [0.717, 1.165) is 45.1 Å². The van der Waals surface area contributed by atoms with Crippen molar-refractivity contribution in [1.29, 1.82) is 0 Å². The molecule has 8 heteroatoms. The SMILES string of the molecule is CCCC1OC2CC3[C@@H]4CCC5=CC(=O)C=C[C@]5(C)C4[C@@H](C)CC3(C)C2(C(=O)COC(CC)NC=O)O1.CCN. The highest BCUT2D eigenvalue weighted by atomic mass is 16.7. The van der Waals surface area contributed by atoms with Crippen LogP contribution in [0.25, 0.3) is 0 Å². The van der Waals surface area contributed by atoms with Crippen LogP contribution in [0.4, 0.5) is 0 Å². The van der Waals surface area contributed by atoms with E-state index in [1.807, 2.05) is 19.9 Å². The molecule has 0 bridgehead atoms. The zero-order chi connectivity index (χ0) is 29.3. The molecule has 4 fully saturated rings. The fourth-order valence-electron chi connectivity index (χ4n) is 9.21. The second kappa shape index (κ2) is 12.2.